The summed E-state index contributed by atoms with van der Waals surface area (Å²) in [6.45, 7) is 0. The number of nitrogens with two attached hydrogens (primary N) is 1. The first-order valence-corrected chi connectivity index (χ1v) is 6.50. The summed E-state index contributed by atoms with van der Waals surface area (Å²) < 4.78 is 0. The van der Waals surface area contributed by atoms with Gasteiger partial charge in [-0.15, -0.1) is 0 Å². The summed E-state index contributed by atoms with van der Waals surface area (Å²) in [5, 5.41) is 4.29. The zero-order valence-electron chi connectivity index (χ0n) is 9.99. The summed E-state index contributed by atoms with van der Waals surface area (Å²) in [6, 6.07) is 14.4. The van der Waals surface area contributed by atoms with Gasteiger partial charge in [-0.05, 0) is 54.3 Å². The average Bonchev–Trinajstić information content (AvgIpc) is 2.72. The van der Waals surface area contributed by atoms with Crippen molar-refractivity contribution in [3.63, 3.8) is 0 Å². The van der Waals surface area contributed by atoms with Gasteiger partial charge in [0.05, 0.1) is 6.04 Å². The first kappa shape index (κ1) is 11.4. The first-order valence-electron chi connectivity index (χ1n) is 6.13. The highest BCUT2D eigenvalue weighted by molar-refractivity contribution is 6.30. The van der Waals surface area contributed by atoms with Crippen molar-refractivity contribution >= 4 is 23.0 Å². The van der Waals surface area contributed by atoms with Gasteiger partial charge < -0.3 is 11.1 Å². The summed E-state index contributed by atoms with van der Waals surface area (Å²) in [5.74, 6) is 0. The predicted octanol–water partition coefficient (Wildman–Crippen LogP) is 4.02. The Morgan fingerprint density at radius 1 is 1.17 bits per heavy atom. The molecule has 0 radical (unpaired) electrons. The van der Waals surface area contributed by atoms with E-state index in [1.807, 2.05) is 30.3 Å². The lowest BCUT2D eigenvalue weighted by atomic mass is 10.1. The van der Waals surface area contributed by atoms with Crippen molar-refractivity contribution in [1.29, 1.82) is 0 Å². The van der Waals surface area contributed by atoms with Crippen LogP contribution in [0.2, 0.25) is 5.02 Å². The van der Waals surface area contributed by atoms with Crippen molar-refractivity contribution in [2.24, 2.45) is 0 Å². The van der Waals surface area contributed by atoms with Crippen LogP contribution < -0.4 is 11.1 Å². The molecule has 0 bridgehead atoms. The Kier molecular flexibility index (Phi) is 2.88. The summed E-state index contributed by atoms with van der Waals surface area (Å²) in [7, 11) is 0. The maximum absolute atomic E-state index is 5.99. The van der Waals surface area contributed by atoms with Crippen molar-refractivity contribution in [2.75, 3.05) is 11.1 Å². The minimum absolute atomic E-state index is 0.360. The lowest BCUT2D eigenvalue weighted by molar-refractivity contribution is 0.762. The third-order valence-corrected chi connectivity index (χ3v) is 3.65. The molecule has 18 heavy (non-hydrogen) atoms. The molecule has 1 unspecified atom stereocenters. The van der Waals surface area contributed by atoms with E-state index in [1.54, 1.807) is 0 Å². The SMILES string of the molecule is Nc1ccc2c(c1)CCC2Nc1cccc(Cl)c1. The Morgan fingerprint density at radius 3 is 2.89 bits per heavy atom. The molecule has 2 nitrogen and oxygen atoms in total. The molecule has 1 atom stereocenters. The molecule has 3 heteroatoms. The Bertz CT molecular complexity index is 580. The zero-order valence-corrected chi connectivity index (χ0v) is 10.7. The van der Waals surface area contributed by atoms with Gasteiger partial charge in [-0.2, -0.15) is 0 Å². The predicted molar refractivity (Wildman–Crippen MR) is 77.0 cm³/mol. The zero-order chi connectivity index (χ0) is 12.5. The van der Waals surface area contributed by atoms with Crippen LogP contribution in [0.5, 0.6) is 0 Å². The minimum Gasteiger partial charge on any atom is -0.399 e. The molecule has 0 fully saturated rings. The number of nitrogens with one attached hydrogen (secondary N) is 1. The fourth-order valence-corrected chi connectivity index (χ4v) is 2.76. The van der Waals surface area contributed by atoms with Gasteiger partial charge in [0.1, 0.15) is 0 Å². The third kappa shape index (κ3) is 2.16. The van der Waals surface area contributed by atoms with Gasteiger partial charge in [-0.25, -0.2) is 0 Å². The molecule has 0 aliphatic heterocycles. The van der Waals surface area contributed by atoms with Crippen LogP contribution in [0.15, 0.2) is 42.5 Å². The largest absolute Gasteiger partial charge is 0.399 e. The Balaban J connectivity index is 1.85. The van der Waals surface area contributed by atoms with Gasteiger partial charge in [0, 0.05) is 16.4 Å². The third-order valence-electron chi connectivity index (χ3n) is 3.41. The molecule has 1 aliphatic carbocycles. The minimum atomic E-state index is 0.360. The number of benzene rings is 2. The molecule has 3 rings (SSSR count). The highest BCUT2D eigenvalue weighted by Gasteiger charge is 2.22. The van der Waals surface area contributed by atoms with E-state index in [0.29, 0.717) is 6.04 Å². The number of nitrogen functional groups attached to an aromatic ring is 1. The maximum atomic E-state index is 5.99. The number of anilines is 2. The van der Waals surface area contributed by atoms with Crippen molar-refractivity contribution < 1.29 is 0 Å². The molecular weight excluding hydrogens is 244 g/mol. The van der Waals surface area contributed by atoms with Gasteiger partial charge in [-0.1, -0.05) is 23.7 Å². The maximum Gasteiger partial charge on any atom is 0.0519 e. The van der Waals surface area contributed by atoms with Crippen LogP contribution >= 0.6 is 11.6 Å². The van der Waals surface area contributed by atoms with Crippen molar-refractivity contribution in [2.45, 2.75) is 18.9 Å². The molecule has 0 heterocycles. The highest BCUT2D eigenvalue weighted by Crippen LogP contribution is 2.35. The molecule has 3 N–H and O–H groups in total. The number of aryl methyl sites for hydroxylation is 1. The van der Waals surface area contributed by atoms with Crippen LogP contribution in [0.25, 0.3) is 0 Å². The summed E-state index contributed by atoms with van der Waals surface area (Å²) in [6.07, 6.45) is 2.18. The molecule has 92 valence electrons. The van der Waals surface area contributed by atoms with E-state index in [9.17, 15) is 0 Å². The van der Waals surface area contributed by atoms with E-state index < -0.39 is 0 Å². The van der Waals surface area contributed by atoms with Crippen LogP contribution in [0.4, 0.5) is 11.4 Å². The normalized spacial score (nSPS) is 17.5. The smallest absolute Gasteiger partial charge is 0.0519 e. The Labute approximate surface area is 112 Å². The number of fused-ring (bicyclic) bond motifs is 1. The van der Waals surface area contributed by atoms with Gasteiger partial charge in [0.15, 0.2) is 0 Å². The van der Waals surface area contributed by atoms with E-state index in [-0.39, 0.29) is 0 Å². The molecule has 1 aliphatic rings. The van der Waals surface area contributed by atoms with E-state index in [4.69, 9.17) is 17.3 Å². The molecule has 2 aromatic rings. The van der Waals surface area contributed by atoms with Crippen LogP contribution in [-0.4, -0.2) is 0 Å². The van der Waals surface area contributed by atoms with Gasteiger partial charge in [0.25, 0.3) is 0 Å². The molecule has 0 saturated carbocycles. The Hall–Kier alpha value is -1.67. The lowest BCUT2D eigenvalue weighted by Gasteiger charge is -2.15. The summed E-state index contributed by atoms with van der Waals surface area (Å²) >= 11 is 5.99. The molecule has 0 spiro atoms. The van der Waals surface area contributed by atoms with Crippen LogP contribution in [-0.2, 0) is 6.42 Å². The monoisotopic (exact) mass is 258 g/mol. The topological polar surface area (TPSA) is 38.0 Å². The molecule has 0 amide bonds. The van der Waals surface area contributed by atoms with E-state index in [2.05, 4.69) is 17.4 Å². The van der Waals surface area contributed by atoms with Gasteiger partial charge in [0.2, 0.25) is 0 Å². The first-order chi connectivity index (χ1) is 8.72. The van der Waals surface area contributed by atoms with E-state index in [0.717, 1.165) is 29.2 Å². The fourth-order valence-electron chi connectivity index (χ4n) is 2.57. The standard InChI is InChI=1S/C15H15ClN2/c16-11-2-1-3-13(9-11)18-15-7-4-10-8-12(17)5-6-14(10)15/h1-3,5-6,8-9,15,18H,4,7,17H2. The molecule has 2 aromatic carbocycles. The van der Waals surface area contributed by atoms with Crippen LogP contribution in [0.3, 0.4) is 0 Å². The number of hydrogen-bond donors (Lipinski definition) is 2. The second-order valence-electron chi connectivity index (χ2n) is 4.70. The average molecular weight is 259 g/mol. The lowest BCUT2D eigenvalue weighted by Crippen LogP contribution is -2.06. The molecular formula is C15H15ClN2. The van der Waals surface area contributed by atoms with E-state index in [1.165, 1.54) is 11.1 Å². The van der Waals surface area contributed by atoms with E-state index >= 15 is 0 Å². The number of hydrogen-bond acceptors (Lipinski definition) is 2. The van der Waals surface area contributed by atoms with Crippen molar-refractivity contribution in [3.8, 4) is 0 Å². The van der Waals surface area contributed by atoms with Crippen LogP contribution in [0, 0.1) is 0 Å². The van der Waals surface area contributed by atoms with Crippen molar-refractivity contribution in [3.05, 3.63) is 58.6 Å². The van der Waals surface area contributed by atoms with Crippen molar-refractivity contribution in [1.82, 2.24) is 0 Å². The number of rotatable bonds is 2. The van der Waals surface area contributed by atoms with Crippen LogP contribution in [0.1, 0.15) is 23.6 Å². The summed E-state index contributed by atoms with van der Waals surface area (Å²) in [4.78, 5) is 0. The molecule has 0 aromatic heterocycles. The Morgan fingerprint density at radius 2 is 2.06 bits per heavy atom. The number of halogens is 1. The highest BCUT2D eigenvalue weighted by atomic mass is 35.5. The summed E-state index contributed by atoms with van der Waals surface area (Å²) in [5.41, 5.74) is 10.4. The molecule has 0 saturated heterocycles. The fraction of sp³-hybridized carbons (Fsp3) is 0.200. The second kappa shape index (κ2) is 4.54. The quantitative estimate of drug-likeness (QED) is 0.799. The van der Waals surface area contributed by atoms with Gasteiger partial charge in [-0.3, -0.25) is 0 Å². The second-order valence-corrected chi connectivity index (χ2v) is 5.14. The van der Waals surface area contributed by atoms with Gasteiger partial charge >= 0.3 is 0 Å².